The van der Waals surface area contributed by atoms with Gasteiger partial charge < -0.3 is 10.2 Å². The number of benzene rings is 1. The normalized spacial score (nSPS) is 22.6. The summed E-state index contributed by atoms with van der Waals surface area (Å²) in [5.74, 6) is 0.112. The Morgan fingerprint density at radius 2 is 1.91 bits per heavy atom. The monoisotopic (exact) mass is 455 g/mol. The summed E-state index contributed by atoms with van der Waals surface area (Å²) in [4.78, 5) is 19.4. The van der Waals surface area contributed by atoms with Gasteiger partial charge in [-0.3, -0.25) is 9.78 Å². The summed E-state index contributed by atoms with van der Waals surface area (Å²) in [6, 6.07) is 12.4. The fourth-order valence-electron chi connectivity index (χ4n) is 4.79. The zero-order chi connectivity index (χ0) is 23.0. The van der Waals surface area contributed by atoms with Crippen LogP contribution in [0.5, 0.6) is 0 Å². The molecule has 3 aromatic rings. The molecule has 0 spiro atoms. The molecule has 0 aliphatic carbocycles. The molecule has 33 heavy (non-hydrogen) atoms. The number of anilines is 1. The summed E-state index contributed by atoms with van der Waals surface area (Å²) >= 11 is 0. The van der Waals surface area contributed by atoms with Gasteiger partial charge in [0, 0.05) is 31.4 Å². The topological polar surface area (TPSA) is 63.1 Å². The van der Waals surface area contributed by atoms with Crippen LogP contribution in [-0.4, -0.2) is 44.8 Å². The molecule has 9 heteroatoms. The first-order chi connectivity index (χ1) is 15.9. The van der Waals surface area contributed by atoms with Gasteiger partial charge in [0.15, 0.2) is 6.04 Å². The number of rotatable bonds is 4. The van der Waals surface area contributed by atoms with Crippen molar-refractivity contribution in [3.63, 3.8) is 0 Å². The summed E-state index contributed by atoms with van der Waals surface area (Å²) < 4.78 is 42.6. The van der Waals surface area contributed by atoms with Crippen LogP contribution in [0.2, 0.25) is 0 Å². The molecule has 2 aliphatic heterocycles. The van der Waals surface area contributed by atoms with Crippen LogP contribution in [0.25, 0.3) is 0 Å². The highest BCUT2D eigenvalue weighted by molar-refractivity contribution is 5.99. The van der Waals surface area contributed by atoms with Crippen molar-refractivity contribution < 1.29 is 18.0 Å². The predicted molar refractivity (Wildman–Crippen MR) is 117 cm³/mol. The minimum absolute atomic E-state index is 0.135. The van der Waals surface area contributed by atoms with Crippen LogP contribution in [-0.2, 0) is 6.42 Å². The summed E-state index contributed by atoms with van der Waals surface area (Å²) in [5, 5.41) is 7.15. The van der Waals surface area contributed by atoms with Crippen LogP contribution >= 0.6 is 0 Å². The second-order valence-electron chi connectivity index (χ2n) is 8.68. The maximum absolute atomic E-state index is 13.9. The lowest BCUT2D eigenvalue weighted by molar-refractivity contribution is -0.173. The number of halogens is 3. The number of aromatic nitrogens is 3. The van der Waals surface area contributed by atoms with Crippen molar-refractivity contribution in [2.75, 3.05) is 18.4 Å². The summed E-state index contributed by atoms with van der Waals surface area (Å²) in [6.07, 6.45) is -0.0529. The average molecular weight is 455 g/mol. The highest BCUT2D eigenvalue weighted by Gasteiger charge is 2.47. The number of carbonyl (C=O) groups excluding carboxylic acids is 1. The predicted octanol–water partition coefficient (Wildman–Crippen LogP) is 4.64. The van der Waals surface area contributed by atoms with Crippen molar-refractivity contribution >= 4 is 11.7 Å². The van der Waals surface area contributed by atoms with Crippen LogP contribution in [0.3, 0.4) is 0 Å². The molecule has 6 nitrogen and oxygen atoms in total. The molecule has 0 radical (unpaired) electrons. The number of nitrogens with zero attached hydrogens (tertiary/aromatic N) is 4. The number of amides is 1. The third-order valence-electron chi connectivity index (χ3n) is 6.47. The molecular weight excluding hydrogens is 431 g/mol. The number of alkyl halides is 3. The Balaban J connectivity index is 1.38. The molecule has 2 aliphatic rings. The van der Waals surface area contributed by atoms with E-state index in [4.69, 9.17) is 0 Å². The van der Waals surface area contributed by atoms with Crippen molar-refractivity contribution in [1.29, 1.82) is 0 Å². The van der Waals surface area contributed by atoms with Crippen molar-refractivity contribution in [3.8, 4) is 0 Å². The van der Waals surface area contributed by atoms with Crippen LogP contribution < -0.4 is 5.32 Å². The van der Waals surface area contributed by atoms with E-state index in [1.165, 1.54) is 6.20 Å². The summed E-state index contributed by atoms with van der Waals surface area (Å²) in [7, 11) is 0. The lowest BCUT2D eigenvalue weighted by atomic mass is 9.96. The Labute approximate surface area is 189 Å². The molecule has 4 heterocycles. The SMILES string of the molecule is O=C(c1cnn2c1NC(c1ccccc1)CC2C(F)(F)F)N1CCC(Cc2ccccn2)C1. The van der Waals surface area contributed by atoms with E-state index in [0.29, 0.717) is 13.1 Å². The van der Waals surface area contributed by atoms with E-state index in [1.54, 1.807) is 35.4 Å². The van der Waals surface area contributed by atoms with Crippen molar-refractivity contribution in [1.82, 2.24) is 19.7 Å². The minimum atomic E-state index is -4.47. The van der Waals surface area contributed by atoms with Gasteiger partial charge in [-0.1, -0.05) is 36.4 Å². The molecule has 1 saturated heterocycles. The molecule has 0 saturated carbocycles. The smallest absolute Gasteiger partial charge is 0.363 e. The third kappa shape index (κ3) is 4.31. The van der Waals surface area contributed by atoms with Crippen molar-refractivity contribution in [2.45, 2.75) is 37.5 Å². The van der Waals surface area contributed by atoms with E-state index in [-0.39, 0.29) is 29.6 Å². The van der Waals surface area contributed by atoms with Gasteiger partial charge in [-0.05, 0) is 36.5 Å². The Bertz CT molecular complexity index is 1120. The Morgan fingerprint density at radius 1 is 1.12 bits per heavy atom. The van der Waals surface area contributed by atoms with Gasteiger partial charge in [0.05, 0.1) is 12.2 Å². The zero-order valence-corrected chi connectivity index (χ0v) is 17.9. The molecule has 3 unspecified atom stereocenters. The molecular formula is C24H24F3N5O. The first-order valence-corrected chi connectivity index (χ1v) is 11.0. The fraction of sp³-hybridized carbons (Fsp3) is 0.375. The van der Waals surface area contributed by atoms with E-state index in [2.05, 4.69) is 15.4 Å². The van der Waals surface area contributed by atoms with Gasteiger partial charge >= 0.3 is 6.18 Å². The van der Waals surface area contributed by atoms with Crippen LogP contribution in [0.1, 0.15) is 46.5 Å². The highest BCUT2D eigenvalue weighted by Crippen LogP contribution is 2.44. The number of fused-ring (bicyclic) bond motifs is 1. The Hall–Kier alpha value is -3.36. The molecule has 1 amide bonds. The van der Waals surface area contributed by atoms with E-state index < -0.39 is 18.3 Å². The molecule has 1 N–H and O–H groups in total. The van der Waals surface area contributed by atoms with Crippen molar-refractivity contribution in [2.24, 2.45) is 5.92 Å². The molecule has 1 fully saturated rings. The van der Waals surface area contributed by atoms with Gasteiger partial charge in [-0.15, -0.1) is 0 Å². The number of carbonyl (C=O) groups is 1. The van der Waals surface area contributed by atoms with Crippen LogP contribution in [0, 0.1) is 5.92 Å². The number of hydrogen-bond acceptors (Lipinski definition) is 4. The van der Waals surface area contributed by atoms with E-state index in [9.17, 15) is 18.0 Å². The second-order valence-corrected chi connectivity index (χ2v) is 8.68. The lowest BCUT2D eigenvalue weighted by Gasteiger charge is -2.34. The molecule has 0 bridgehead atoms. The fourth-order valence-corrected chi connectivity index (χ4v) is 4.79. The highest BCUT2D eigenvalue weighted by atomic mass is 19.4. The molecule has 1 aromatic carbocycles. The van der Waals surface area contributed by atoms with Gasteiger partial charge in [0.2, 0.25) is 0 Å². The van der Waals surface area contributed by atoms with Crippen molar-refractivity contribution in [3.05, 3.63) is 77.7 Å². The van der Waals surface area contributed by atoms with Gasteiger partial charge in [0.25, 0.3) is 5.91 Å². The zero-order valence-electron chi connectivity index (χ0n) is 17.9. The second kappa shape index (κ2) is 8.53. The number of hydrogen-bond donors (Lipinski definition) is 1. The van der Waals surface area contributed by atoms with E-state index in [0.717, 1.165) is 28.8 Å². The molecule has 3 atom stereocenters. The van der Waals surface area contributed by atoms with Crippen LogP contribution in [0.15, 0.2) is 60.9 Å². The minimum Gasteiger partial charge on any atom is -0.363 e. The Morgan fingerprint density at radius 3 is 2.64 bits per heavy atom. The molecule has 5 rings (SSSR count). The summed E-state index contributed by atoms with van der Waals surface area (Å²) in [5.41, 5.74) is 1.90. The summed E-state index contributed by atoms with van der Waals surface area (Å²) in [6.45, 7) is 1.11. The van der Waals surface area contributed by atoms with Gasteiger partial charge in [-0.2, -0.15) is 18.3 Å². The Kier molecular flexibility index (Phi) is 5.55. The lowest BCUT2D eigenvalue weighted by Crippen LogP contribution is -2.37. The third-order valence-corrected chi connectivity index (χ3v) is 6.47. The first kappa shape index (κ1) is 21.5. The molecule has 172 valence electrons. The average Bonchev–Trinajstić information content (AvgIpc) is 3.46. The quantitative estimate of drug-likeness (QED) is 0.623. The standard InChI is InChI=1S/C24H24F3N5O/c25-24(26,27)21-13-20(17-6-2-1-3-7-17)30-22-19(14-29-32(21)22)23(33)31-11-9-16(15-31)12-18-8-4-5-10-28-18/h1-8,10,14,16,20-21,30H,9,11-13,15H2. The van der Waals surface area contributed by atoms with E-state index in [1.807, 2.05) is 24.3 Å². The number of nitrogens with one attached hydrogen (secondary N) is 1. The van der Waals surface area contributed by atoms with Crippen LogP contribution in [0.4, 0.5) is 19.0 Å². The van der Waals surface area contributed by atoms with E-state index >= 15 is 0 Å². The number of pyridine rings is 1. The van der Waals surface area contributed by atoms with Gasteiger partial charge in [0.1, 0.15) is 11.4 Å². The largest absolute Gasteiger partial charge is 0.410 e. The first-order valence-electron chi connectivity index (χ1n) is 11.0. The number of likely N-dealkylation sites (tertiary alicyclic amines) is 1. The molecule has 2 aromatic heterocycles. The maximum atomic E-state index is 13.9. The van der Waals surface area contributed by atoms with Gasteiger partial charge in [-0.25, -0.2) is 4.68 Å². The maximum Gasteiger partial charge on any atom is 0.410 e.